The molecule has 6 heteroatoms. The van der Waals surface area contributed by atoms with Crippen molar-refractivity contribution < 1.29 is 12.9 Å². The van der Waals surface area contributed by atoms with Crippen molar-refractivity contribution in [1.29, 1.82) is 0 Å². The number of anilines is 1. The predicted molar refractivity (Wildman–Crippen MR) is 82.4 cm³/mol. The Hall–Kier alpha value is -2.08. The first kappa shape index (κ1) is 15.3. The van der Waals surface area contributed by atoms with Crippen LogP contribution in [0.5, 0.6) is 0 Å². The zero-order valence-electron chi connectivity index (χ0n) is 12.0. The van der Waals surface area contributed by atoms with E-state index in [9.17, 15) is 8.42 Å². The van der Waals surface area contributed by atoms with Crippen LogP contribution in [0.4, 0.5) is 5.82 Å². The van der Waals surface area contributed by atoms with E-state index in [1.165, 1.54) is 6.07 Å². The average molecular weight is 306 g/mol. The van der Waals surface area contributed by atoms with Crippen LogP contribution in [-0.2, 0) is 10.0 Å². The Balaban J connectivity index is 2.13. The Morgan fingerprint density at radius 1 is 1.29 bits per heavy atom. The van der Waals surface area contributed by atoms with Gasteiger partial charge in [-0.3, -0.25) is 4.72 Å². The second-order valence-electron chi connectivity index (χ2n) is 4.69. The number of hydrogen-bond acceptors (Lipinski definition) is 4. The summed E-state index contributed by atoms with van der Waals surface area (Å²) in [4.78, 5) is 0.191. The van der Waals surface area contributed by atoms with Gasteiger partial charge < -0.3 is 4.52 Å². The second-order valence-corrected chi connectivity index (χ2v) is 6.37. The highest BCUT2D eigenvalue weighted by molar-refractivity contribution is 7.92. The van der Waals surface area contributed by atoms with Crippen LogP contribution in [0.1, 0.15) is 31.1 Å². The smallest absolute Gasteiger partial charge is 0.263 e. The molecule has 21 heavy (non-hydrogen) atoms. The molecule has 0 atom stereocenters. The van der Waals surface area contributed by atoms with Crippen molar-refractivity contribution in [3.63, 3.8) is 0 Å². The first-order valence-electron chi connectivity index (χ1n) is 6.74. The molecule has 1 aromatic carbocycles. The van der Waals surface area contributed by atoms with Crippen molar-refractivity contribution >= 4 is 21.9 Å². The molecule has 2 rings (SSSR count). The van der Waals surface area contributed by atoms with E-state index in [1.807, 2.05) is 6.08 Å². The molecule has 0 saturated carbocycles. The van der Waals surface area contributed by atoms with Gasteiger partial charge in [0.25, 0.3) is 10.0 Å². The molecule has 1 N–H and O–H groups in total. The number of rotatable bonds is 6. The van der Waals surface area contributed by atoms with E-state index in [0.717, 1.165) is 18.4 Å². The quantitative estimate of drug-likeness (QED) is 0.885. The van der Waals surface area contributed by atoms with Gasteiger partial charge in [-0.25, -0.2) is 8.42 Å². The SMILES string of the molecule is CCCC=Cc1ccc(S(=O)(=O)Nc2cc(C)on2)cc1. The molecule has 5 nitrogen and oxygen atoms in total. The van der Waals surface area contributed by atoms with Gasteiger partial charge in [-0.1, -0.05) is 42.8 Å². The van der Waals surface area contributed by atoms with Crippen LogP contribution < -0.4 is 4.72 Å². The van der Waals surface area contributed by atoms with E-state index < -0.39 is 10.0 Å². The molecule has 2 aromatic rings. The molecule has 0 aliphatic rings. The molecule has 1 heterocycles. The third-order valence-electron chi connectivity index (χ3n) is 2.82. The molecule has 0 unspecified atom stereocenters. The highest BCUT2D eigenvalue weighted by Gasteiger charge is 2.15. The Morgan fingerprint density at radius 3 is 2.57 bits per heavy atom. The third kappa shape index (κ3) is 4.19. The number of aryl methyl sites for hydroxylation is 1. The van der Waals surface area contributed by atoms with E-state index in [0.29, 0.717) is 5.76 Å². The zero-order chi connectivity index (χ0) is 15.3. The maximum Gasteiger partial charge on any atom is 0.263 e. The first-order valence-corrected chi connectivity index (χ1v) is 8.22. The van der Waals surface area contributed by atoms with Gasteiger partial charge in [0, 0.05) is 6.07 Å². The Kier molecular flexibility index (Phi) is 4.80. The predicted octanol–water partition coefficient (Wildman–Crippen LogP) is 3.60. The molecule has 0 fully saturated rings. The highest BCUT2D eigenvalue weighted by atomic mass is 32.2. The lowest BCUT2D eigenvalue weighted by Gasteiger charge is -2.05. The molecule has 0 saturated heterocycles. The first-order chi connectivity index (χ1) is 10.0. The molecular formula is C15H18N2O3S. The van der Waals surface area contributed by atoms with E-state index >= 15 is 0 Å². The van der Waals surface area contributed by atoms with Crippen molar-refractivity contribution in [3.05, 3.63) is 47.7 Å². The second kappa shape index (κ2) is 6.58. The van der Waals surface area contributed by atoms with Crippen LogP contribution in [0, 0.1) is 6.92 Å². The number of nitrogens with one attached hydrogen (secondary N) is 1. The Morgan fingerprint density at radius 2 is 2.00 bits per heavy atom. The molecule has 0 amide bonds. The normalized spacial score (nSPS) is 11.9. The number of nitrogens with zero attached hydrogens (tertiary/aromatic N) is 1. The van der Waals surface area contributed by atoms with Gasteiger partial charge in [-0.15, -0.1) is 0 Å². The van der Waals surface area contributed by atoms with E-state index in [2.05, 4.69) is 22.9 Å². The number of hydrogen-bond donors (Lipinski definition) is 1. The lowest BCUT2D eigenvalue weighted by Crippen LogP contribution is -2.13. The summed E-state index contributed by atoms with van der Waals surface area (Å²) >= 11 is 0. The molecule has 0 bridgehead atoms. The molecule has 0 aliphatic heterocycles. The topological polar surface area (TPSA) is 72.2 Å². The average Bonchev–Trinajstić information content (AvgIpc) is 2.84. The largest absolute Gasteiger partial charge is 0.360 e. The fourth-order valence-corrected chi connectivity index (χ4v) is 2.74. The van der Waals surface area contributed by atoms with Crippen LogP contribution in [0.2, 0.25) is 0 Å². The van der Waals surface area contributed by atoms with Crippen molar-refractivity contribution in [2.24, 2.45) is 0 Å². The summed E-state index contributed by atoms with van der Waals surface area (Å²) in [5, 5.41) is 3.62. The van der Waals surface area contributed by atoms with Crippen LogP contribution in [0.15, 0.2) is 45.8 Å². The summed E-state index contributed by atoms with van der Waals surface area (Å²) in [5.74, 6) is 0.725. The van der Waals surface area contributed by atoms with Gasteiger partial charge in [0.15, 0.2) is 5.82 Å². The fourth-order valence-electron chi connectivity index (χ4n) is 1.76. The molecule has 0 aliphatic carbocycles. The standard InChI is InChI=1S/C15H18N2O3S/c1-3-4-5-6-13-7-9-14(10-8-13)21(18,19)17-15-11-12(2)20-16-15/h5-11H,3-4H2,1-2H3,(H,16,17). The maximum atomic E-state index is 12.2. The summed E-state index contributed by atoms with van der Waals surface area (Å²) in [6, 6.07) is 8.21. The van der Waals surface area contributed by atoms with E-state index in [-0.39, 0.29) is 10.7 Å². The summed E-state index contributed by atoms with van der Waals surface area (Å²) in [7, 11) is -3.64. The van der Waals surface area contributed by atoms with Crippen LogP contribution >= 0.6 is 0 Å². The molecule has 0 spiro atoms. The minimum atomic E-state index is -3.64. The lowest BCUT2D eigenvalue weighted by molar-refractivity contribution is 0.400. The number of aromatic nitrogens is 1. The van der Waals surface area contributed by atoms with Crippen LogP contribution in [0.25, 0.3) is 6.08 Å². The molecular weight excluding hydrogens is 288 g/mol. The van der Waals surface area contributed by atoms with Gasteiger partial charge in [0.1, 0.15) is 5.76 Å². The number of unbranched alkanes of at least 4 members (excludes halogenated alkanes) is 1. The van der Waals surface area contributed by atoms with E-state index in [1.54, 1.807) is 31.2 Å². The third-order valence-corrected chi connectivity index (χ3v) is 4.19. The monoisotopic (exact) mass is 306 g/mol. The number of allylic oxidation sites excluding steroid dienone is 1. The highest BCUT2D eigenvalue weighted by Crippen LogP contribution is 2.17. The minimum Gasteiger partial charge on any atom is -0.360 e. The Labute approximate surface area is 124 Å². The maximum absolute atomic E-state index is 12.2. The molecule has 1 aromatic heterocycles. The van der Waals surface area contributed by atoms with E-state index in [4.69, 9.17) is 4.52 Å². The van der Waals surface area contributed by atoms with Crippen LogP contribution in [0.3, 0.4) is 0 Å². The van der Waals surface area contributed by atoms with Gasteiger partial charge in [-0.2, -0.15) is 0 Å². The van der Waals surface area contributed by atoms with Crippen LogP contribution in [-0.4, -0.2) is 13.6 Å². The molecule has 112 valence electrons. The summed E-state index contributed by atoms with van der Waals surface area (Å²) < 4.78 is 31.6. The summed E-state index contributed by atoms with van der Waals surface area (Å²) in [6.07, 6.45) is 6.14. The van der Waals surface area contributed by atoms with Crippen molar-refractivity contribution in [2.45, 2.75) is 31.6 Å². The zero-order valence-corrected chi connectivity index (χ0v) is 12.9. The number of sulfonamides is 1. The summed E-state index contributed by atoms with van der Waals surface area (Å²) in [5.41, 5.74) is 0.972. The minimum absolute atomic E-state index is 0.180. The lowest BCUT2D eigenvalue weighted by atomic mass is 10.2. The Bertz CT molecular complexity index is 716. The van der Waals surface area contributed by atoms with Gasteiger partial charge >= 0.3 is 0 Å². The summed E-state index contributed by atoms with van der Waals surface area (Å²) in [6.45, 7) is 3.81. The van der Waals surface area contributed by atoms with Crippen molar-refractivity contribution in [2.75, 3.05) is 4.72 Å². The molecule has 0 radical (unpaired) electrons. The van der Waals surface area contributed by atoms with Crippen molar-refractivity contribution in [3.8, 4) is 0 Å². The van der Waals surface area contributed by atoms with Gasteiger partial charge in [0.05, 0.1) is 4.90 Å². The van der Waals surface area contributed by atoms with Gasteiger partial charge in [-0.05, 0) is 31.0 Å². The fraction of sp³-hybridized carbons (Fsp3) is 0.267. The van der Waals surface area contributed by atoms with Crippen molar-refractivity contribution in [1.82, 2.24) is 5.16 Å². The van der Waals surface area contributed by atoms with Gasteiger partial charge in [0.2, 0.25) is 0 Å². The number of benzene rings is 1.